The Hall–Kier alpha value is -1.04. The van der Waals surface area contributed by atoms with Crippen LogP contribution >= 0.6 is 0 Å². The van der Waals surface area contributed by atoms with Crippen molar-refractivity contribution in [1.29, 1.82) is 0 Å². The molecule has 1 heterocycles. The van der Waals surface area contributed by atoms with Crippen LogP contribution in [-0.4, -0.2) is 22.8 Å². The first-order chi connectivity index (χ1) is 6.38. The third kappa shape index (κ3) is 1.89. The predicted octanol–water partition coefficient (Wildman–Crippen LogP) is 1.98. The topological polar surface area (TPSA) is 27.1 Å². The highest BCUT2D eigenvalue weighted by Crippen LogP contribution is 2.35. The molecular weight excluding hydrogens is 197 g/mol. The number of aryl methyl sites for hydroxylation is 1. The van der Waals surface area contributed by atoms with Crippen molar-refractivity contribution in [1.82, 2.24) is 9.55 Å². The summed E-state index contributed by atoms with van der Waals surface area (Å²) in [5, 5.41) is 0. The molecule has 0 aliphatic rings. The van der Waals surface area contributed by atoms with Crippen LogP contribution < -0.4 is 0 Å². The lowest BCUT2D eigenvalue weighted by Gasteiger charge is -2.18. The number of alkyl halides is 3. The fraction of sp³-hybridized carbons (Fsp3) is 0.625. The maximum atomic E-state index is 12.4. The number of nitrogens with zero attached hydrogens (tertiary/aromatic N) is 2. The van der Waals surface area contributed by atoms with E-state index < -0.39 is 12.3 Å². The van der Waals surface area contributed by atoms with Gasteiger partial charge in [-0.1, -0.05) is 0 Å². The highest BCUT2D eigenvalue weighted by Gasteiger charge is 2.42. The first kappa shape index (κ1) is 11.0. The molecule has 14 heavy (non-hydrogen) atoms. The normalized spacial score (nSPS) is 14.4. The first-order valence-corrected chi connectivity index (χ1v) is 3.95. The monoisotopic (exact) mass is 208 g/mol. The fourth-order valence-electron chi connectivity index (χ4n) is 1.19. The van der Waals surface area contributed by atoms with Crippen LogP contribution in [0.5, 0.6) is 0 Å². The zero-order valence-electron chi connectivity index (χ0n) is 8.09. The summed E-state index contributed by atoms with van der Waals surface area (Å²) in [6, 6.07) is 0. The molecule has 1 atom stereocenters. The minimum absolute atomic E-state index is 0.0116. The van der Waals surface area contributed by atoms with Crippen molar-refractivity contribution in [3.05, 3.63) is 17.7 Å². The number of hydrogen-bond donors (Lipinski definition) is 0. The average Bonchev–Trinajstić information content (AvgIpc) is 2.35. The molecule has 0 bridgehead atoms. The number of ether oxygens (including phenoxy) is 1. The molecule has 0 saturated heterocycles. The predicted molar refractivity (Wildman–Crippen MR) is 43.8 cm³/mol. The van der Waals surface area contributed by atoms with Gasteiger partial charge in [-0.3, -0.25) is 0 Å². The molecule has 0 aliphatic heterocycles. The lowest BCUT2D eigenvalue weighted by molar-refractivity contribution is -0.217. The molecule has 0 N–H and O–H groups in total. The Labute approximate surface area is 79.5 Å². The lowest BCUT2D eigenvalue weighted by atomic mass is 10.2. The van der Waals surface area contributed by atoms with Gasteiger partial charge >= 0.3 is 6.18 Å². The first-order valence-electron chi connectivity index (χ1n) is 3.95. The number of rotatable bonds is 2. The number of methoxy groups -OCH3 is 1. The van der Waals surface area contributed by atoms with E-state index in [1.807, 2.05) is 0 Å². The smallest absolute Gasteiger partial charge is 0.366 e. The zero-order valence-corrected chi connectivity index (χ0v) is 8.09. The van der Waals surface area contributed by atoms with Gasteiger partial charge in [0.1, 0.15) is 5.82 Å². The van der Waals surface area contributed by atoms with Gasteiger partial charge in [-0.25, -0.2) is 4.98 Å². The molecule has 1 rings (SSSR count). The van der Waals surface area contributed by atoms with Crippen LogP contribution in [0.2, 0.25) is 0 Å². The van der Waals surface area contributed by atoms with Crippen LogP contribution in [-0.2, 0) is 11.8 Å². The van der Waals surface area contributed by atoms with E-state index in [1.54, 1.807) is 6.92 Å². The minimum Gasteiger partial charge on any atom is -0.366 e. The molecule has 80 valence electrons. The largest absolute Gasteiger partial charge is 0.420 e. The highest BCUT2D eigenvalue weighted by molar-refractivity contribution is 5.09. The lowest BCUT2D eigenvalue weighted by Crippen LogP contribution is -2.24. The van der Waals surface area contributed by atoms with Gasteiger partial charge in [-0.2, -0.15) is 13.2 Å². The van der Waals surface area contributed by atoms with E-state index >= 15 is 0 Å². The Morgan fingerprint density at radius 2 is 2.07 bits per heavy atom. The van der Waals surface area contributed by atoms with Crippen LogP contribution in [0.1, 0.15) is 17.6 Å². The molecule has 0 spiro atoms. The molecular formula is C8H11F3N2O. The van der Waals surface area contributed by atoms with Crippen LogP contribution in [0.3, 0.4) is 0 Å². The number of imidazole rings is 1. The van der Waals surface area contributed by atoms with Gasteiger partial charge in [-0.05, 0) is 6.92 Å². The van der Waals surface area contributed by atoms with E-state index in [1.165, 1.54) is 17.8 Å². The Morgan fingerprint density at radius 1 is 1.50 bits per heavy atom. The average molecular weight is 208 g/mol. The number of halogens is 3. The van der Waals surface area contributed by atoms with Crippen molar-refractivity contribution in [3.63, 3.8) is 0 Å². The Morgan fingerprint density at radius 3 is 2.36 bits per heavy atom. The summed E-state index contributed by atoms with van der Waals surface area (Å²) in [7, 11) is 2.55. The molecule has 0 amide bonds. The van der Waals surface area contributed by atoms with Crippen LogP contribution in [0, 0.1) is 6.92 Å². The summed E-state index contributed by atoms with van der Waals surface area (Å²) in [5.74, 6) is 0.520. The third-order valence-corrected chi connectivity index (χ3v) is 2.06. The summed E-state index contributed by atoms with van der Waals surface area (Å²) in [4.78, 5) is 3.78. The zero-order chi connectivity index (χ0) is 10.9. The van der Waals surface area contributed by atoms with E-state index in [9.17, 15) is 13.2 Å². The molecule has 3 nitrogen and oxygen atoms in total. The van der Waals surface area contributed by atoms with Crippen molar-refractivity contribution in [2.45, 2.75) is 19.2 Å². The molecule has 0 saturated carbocycles. The molecule has 0 aliphatic carbocycles. The number of aromatic nitrogens is 2. The van der Waals surface area contributed by atoms with Gasteiger partial charge in [0.15, 0.2) is 6.10 Å². The Kier molecular flexibility index (Phi) is 2.84. The molecule has 6 heteroatoms. The second kappa shape index (κ2) is 3.61. The second-order valence-corrected chi connectivity index (χ2v) is 2.95. The van der Waals surface area contributed by atoms with E-state index in [2.05, 4.69) is 9.72 Å². The van der Waals surface area contributed by atoms with Gasteiger partial charge in [0, 0.05) is 14.2 Å². The SMILES string of the molecule is COC(c1cnc(C)n1C)C(F)(F)F. The Balaban J connectivity index is 3.08. The molecule has 1 aromatic rings. The fourth-order valence-corrected chi connectivity index (χ4v) is 1.19. The molecule has 1 unspecified atom stereocenters. The van der Waals surface area contributed by atoms with E-state index in [0.29, 0.717) is 5.82 Å². The third-order valence-electron chi connectivity index (χ3n) is 2.06. The van der Waals surface area contributed by atoms with Gasteiger partial charge in [0.25, 0.3) is 0 Å². The second-order valence-electron chi connectivity index (χ2n) is 2.95. The van der Waals surface area contributed by atoms with E-state index in [4.69, 9.17) is 0 Å². The number of hydrogen-bond acceptors (Lipinski definition) is 2. The molecule has 0 fully saturated rings. The van der Waals surface area contributed by atoms with Crippen molar-refractivity contribution in [2.75, 3.05) is 7.11 Å². The van der Waals surface area contributed by atoms with E-state index in [0.717, 1.165) is 7.11 Å². The van der Waals surface area contributed by atoms with Crippen LogP contribution in [0.4, 0.5) is 13.2 Å². The van der Waals surface area contributed by atoms with Gasteiger partial charge < -0.3 is 9.30 Å². The summed E-state index contributed by atoms with van der Waals surface area (Å²) in [5.41, 5.74) is 0.0116. The van der Waals surface area contributed by atoms with Gasteiger partial charge in [-0.15, -0.1) is 0 Å². The highest BCUT2D eigenvalue weighted by atomic mass is 19.4. The van der Waals surface area contributed by atoms with Crippen LogP contribution in [0.25, 0.3) is 0 Å². The van der Waals surface area contributed by atoms with Crippen molar-refractivity contribution in [3.8, 4) is 0 Å². The van der Waals surface area contributed by atoms with Crippen molar-refractivity contribution >= 4 is 0 Å². The van der Waals surface area contributed by atoms with Crippen molar-refractivity contribution in [2.24, 2.45) is 7.05 Å². The van der Waals surface area contributed by atoms with Crippen LogP contribution in [0.15, 0.2) is 6.20 Å². The summed E-state index contributed by atoms with van der Waals surface area (Å²) in [6.07, 6.45) is -5.14. The standard InChI is InChI=1S/C8H11F3N2O/c1-5-12-4-6(13(5)2)7(14-3)8(9,10)11/h4,7H,1-3H3. The summed E-state index contributed by atoms with van der Waals surface area (Å²) >= 11 is 0. The summed E-state index contributed by atoms with van der Waals surface area (Å²) in [6.45, 7) is 1.63. The molecule has 1 aromatic heterocycles. The maximum Gasteiger partial charge on any atom is 0.420 e. The minimum atomic E-state index is -4.41. The molecule has 0 aromatic carbocycles. The Bertz CT molecular complexity index is 319. The van der Waals surface area contributed by atoms with E-state index in [-0.39, 0.29) is 5.69 Å². The summed E-state index contributed by atoms with van der Waals surface area (Å²) < 4.78 is 43.1. The van der Waals surface area contributed by atoms with Crippen molar-refractivity contribution < 1.29 is 17.9 Å². The van der Waals surface area contributed by atoms with Gasteiger partial charge in [0.2, 0.25) is 0 Å². The quantitative estimate of drug-likeness (QED) is 0.743. The van der Waals surface area contributed by atoms with Gasteiger partial charge in [0.05, 0.1) is 11.9 Å². The molecule has 0 radical (unpaired) electrons. The maximum absolute atomic E-state index is 12.4.